The van der Waals surface area contributed by atoms with Crippen LogP contribution in [0.25, 0.3) is 0 Å². The number of carbonyl (C=O) groups excluding carboxylic acids is 2. The van der Waals surface area contributed by atoms with Gasteiger partial charge in [0.2, 0.25) is 11.8 Å². The second-order valence-corrected chi connectivity index (χ2v) is 5.53. The maximum atomic E-state index is 12.1. The van der Waals surface area contributed by atoms with Gasteiger partial charge < -0.3 is 25.4 Å². The number of amides is 2. The van der Waals surface area contributed by atoms with Crippen LogP contribution >= 0.6 is 0 Å². The normalized spacial score (nSPS) is 10.1. The molecule has 2 amide bonds. The maximum absolute atomic E-state index is 12.1. The SMILES string of the molecule is COCCOc1cccc(NC(=O)CNc2cccc(NC(C)=O)c2)c1. The number of methoxy groups -OCH3 is 1. The van der Waals surface area contributed by atoms with Crippen LogP contribution in [0.2, 0.25) is 0 Å². The fourth-order valence-electron chi connectivity index (χ4n) is 2.20. The Kier molecular flexibility index (Phi) is 7.45. The molecule has 3 N–H and O–H groups in total. The average molecular weight is 357 g/mol. The standard InChI is InChI=1S/C19H23N3O4/c1-14(23)21-16-6-3-5-15(11-16)20-13-19(24)22-17-7-4-8-18(12-17)26-10-9-25-2/h3-8,11-12,20H,9-10,13H2,1-2H3,(H,21,23)(H,22,24). The molecular weight excluding hydrogens is 334 g/mol. The first-order valence-electron chi connectivity index (χ1n) is 8.20. The van der Waals surface area contributed by atoms with E-state index in [-0.39, 0.29) is 18.4 Å². The molecule has 2 aromatic carbocycles. The summed E-state index contributed by atoms with van der Waals surface area (Å²) in [7, 11) is 1.61. The second kappa shape index (κ2) is 10.0. The maximum Gasteiger partial charge on any atom is 0.243 e. The third-order valence-electron chi connectivity index (χ3n) is 3.31. The lowest BCUT2D eigenvalue weighted by atomic mass is 10.2. The lowest BCUT2D eigenvalue weighted by molar-refractivity contribution is -0.115. The van der Waals surface area contributed by atoms with Crippen LogP contribution in [0, 0.1) is 0 Å². The summed E-state index contributed by atoms with van der Waals surface area (Å²) in [6.07, 6.45) is 0. The predicted molar refractivity (Wildman–Crippen MR) is 102 cm³/mol. The number of carbonyl (C=O) groups is 2. The van der Waals surface area contributed by atoms with E-state index in [0.29, 0.717) is 30.3 Å². The Hall–Kier alpha value is -3.06. The van der Waals surface area contributed by atoms with Crippen molar-refractivity contribution in [2.45, 2.75) is 6.92 Å². The van der Waals surface area contributed by atoms with Crippen molar-refractivity contribution >= 4 is 28.9 Å². The summed E-state index contributed by atoms with van der Waals surface area (Å²) in [5, 5.41) is 8.53. The highest BCUT2D eigenvalue weighted by atomic mass is 16.5. The molecule has 0 fully saturated rings. The molecular formula is C19H23N3O4. The lowest BCUT2D eigenvalue weighted by Crippen LogP contribution is -2.21. The van der Waals surface area contributed by atoms with Gasteiger partial charge in [0.05, 0.1) is 13.2 Å². The molecule has 26 heavy (non-hydrogen) atoms. The highest BCUT2D eigenvalue weighted by molar-refractivity contribution is 5.94. The minimum Gasteiger partial charge on any atom is -0.491 e. The van der Waals surface area contributed by atoms with Crippen molar-refractivity contribution in [2.75, 3.05) is 42.8 Å². The predicted octanol–water partition coefficient (Wildman–Crippen LogP) is 2.72. The first kappa shape index (κ1) is 19.3. The third kappa shape index (κ3) is 6.82. The van der Waals surface area contributed by atoms with Crippen LogP contribution in [0.15, 0.2) is 48.5 Å². The molecule has 0 saturated heterocycles. The fraction of sp³-hybridized carbons (Fsp3) is 0.263. The van der Waals surface area contributed by atoms with E-state index >= 15 is 0 Å². The van der Waals surface area contributed by atoms with Gasteiger partial charge in [0.15, 0.2) is 0 Å². The molecule has 0 unspecified atom stereocenters. The third-order valence-corrected chi connectivity index (χ3v) is 3.31. The Morgan fingerprint density at radius 2 is 1.62 bits per heavy atom. The highest BCUT2D eigenvalue weighted by Crippen LogP contribution is 2.18. The van der Waals surface area contributed by atoms with Gasteiger partial charge in [-0.05, 0) is 30.3 Å². The number of nitrogens with one attached hydrogen (secondary N) is 3. The summed E-state index contributed by atoms with van der Waals surface area (Å²) in [6.45, 7) is 2.48. The summed E-state index contributed by atoms with van der Waals surface area (Å²) >= 11 is 0. The van der Waals surface area contributed by atoms with Crippen LogP contribution in [0.1, 0.15) is 6.92 Å². The summed E-state index contributed by atoms with van der Waals surface area (Å²) in [5.74, 6) is 0.326. The molecule has 7 nitrogen and oxygen atoms in total. The smallest absolute Gasteiger partial charge is 0.243 e. The minimum atomic E-state index is -0.191. The number of anilines is 3. The Labute approximate surface area is 152 Å². The van der Waals surface area contributed by atoms with E-state index in [4.69, 9.17) is 9.47 Å². The quantitative estimate of drug-likeness (QED) is 0.601. The summed E-state index contributed by atoms with van der Waals surface area (Å²) in [6, 6.07) is 14.3. The van der Waals surface area contributed by atoms with Crippen LogP contribution in [0.5, 0.6) is 5.75 Å². The Morgan fingerprint density at radius 1 is 0.923 bits per heavy atom. The zero-order valence-electron chi connectivity index (χ0n) is 14.9. The van der Waals surface area contributed by atoms with Crippen LogP contribution in [0.3, 0.4) is 0 Å². The Morgan fingerprint density at radius 3 is 2.35 bits per heavy atom. The summed E-state index contributed by atoms with van der Waals surface area (Å²) in [4.78, 5) is 23.2. The van der Waals surface area contributed by atoms with E-state index in [1.54, 1.807) is 37.4 Å². The van der Waals surface area contributed by atoms with Crippen LogP contribution in [-0.2, 0) is 14.3 Å². The topological polar surface area (TPSA) is 88.7 Å². The van der Waals surface area contributed by atoms with Gasteiger partial charge in [0.1, 0.15) is 12.4 Å². The van der Waals surface area contributed by atoms with Crippen LogP contribution in [-0.4, -0.2) is 38.7 Å². The largest absolute Gasteiger partial charge is 0.491 e. The fourth-order valence-corrected chi connectivity index (χ4v) is 2.20. The van der Waals surface area contributed by atoms with E-state index in [1.165, 1.54) is 6.92 Å². The van der Waals surface area contributed by atoms with Gasteiger partial charge in [-0.1, -0.05) is 12.1 Å². The average Bonchev–Trinajstić information content (AvgIpc) is 2.60. The van der Waals surface area contributed by atoms with Gasteiger partial charge >= 0.3 is 0 Å². The zero-order valence-corrected chi connectivity index (χ0v) is 14.9. The van der Waals surface area contributed by atoms with Crippen LogP contribution < -0.4 is 20.7 Å². The van der Waals surface area contributed by atoms with Crippen molar-refractivity contribution in [3.8, 4) is 5.75 Å². The number of rotatable bonds is 9. The van der Waals surface area contributed by atoms with E-state index in [1.807, 2.05) is 18.2 Å². The Bertz CT molecular complexity index is 749. The molecule has 0 atom stereocenters. The van der Waals surface area contributed by atoms with E-state index in [2.05, 4.69) is 16.0 Å². The molecule has 2 aromatic rings. The molecule has 0 heterocycles. The van der Waals surface area contributed by atoms with Crippen molar-refractivity contribution in [3.63, 3.8) is 0 Å². The minimum absolute atomic E-state index is 0.0955. The van der Waals surface area contributed by atoms with Gasteiger partial charge in [-0.2, -0.15) is 0 Å². The summed E-state index contributed by atoms with van der Waals surface area (Å²) in [5.41, 5.74) is 2.06. The van der Waals surface area contributed by atoms with Crippen molar-refractivity contribution < 1.29 is 19.1 Å². The van der Waals surface area contributed by atoms with Crippen molar-refractivity contribution in [1.29, 1.82) is 0 Å². The molecule has 0 aliphatic heterocycles. The van der Waals surface area contributed by atoms with E-state index in [9.17, 15) is 9.59 Å². The highest BCUT2D eigenvalue weighted by Gasteiger charge is 2.04. The van der Waals surface area contributed by atoms with E-state index < -0.39 is 0 Å². The number of hydrogen-bond donors (Lipinski definition) is 3. The molecule has 7 heteroatoms. The van der Waals surface area contributed by atoms with Crippen molar-refractivity contribution in [2.24, 2.45) is 0 Å². The first-order valence-corrected chi connectivity index (χ1v) is 8.20. The lowest BCUT2D eigenvalue weighted by Gasteiger charge is -2.11. The molecule has 0 spiro atoms. The molecule has 0 aliphatic rings. The van der Waals surface area contributed by atoms with Crippen molar-refractivity contribution in [1.82, 2.24) is 0 Å². The molecule has 0 aliphatic carbocycles. The molecule has 138 valence electrons. The second-order valence-electron chi connectivity index (χ2n) is 5.53. The summed E-state index contributed by atoms with van der Waals surface area (Å²) < 4.78 is 10.5. The van der Waals surface area contributed by atoms with Gasteiger partial charge in [0, 0.05) is 37.2 Å². The molecule has 2 rings (SSSR count). The zero-order chi connectivity index (χ0) is 18.8. The number of hydrogen-bond acceptors (Lipinski definition) is 5. The molecule has 0 saturated carbocycles. The molecule has 0 aromatic heterocycles. The monoisotopic (exact) mass is 357 g/mol. The number of benzene rings is 2. The molecule has 0 bridgehead atoms. The van der Waals surface area contributed by atoms with Crippen LogP contribution in [0.4, 0.5) is 17.1 Å². The van der Waals surface area contributed by atoms with Gasteiger partial charge in [-0.3, -0.25) is 9.59 Å². The Balaban J connectivity index is 1.85. The van der Waals surface area contributed by atoms with E-state index in [0.717, 1.165) is 5.69 Å². The first-order chi connectivity index (χ1) is 12.6. The van der Waals surface area contributed by atoms with Gasteiger partial charge in [0.25, 0.3) is 0 Å². The molecule has 0 radical (unpaired) electrons. The number of ether oxygens (including phenoxy) is 2. The van der Waals surface area contributed by atoms with Crippen molar-refractivity contribution in [3.05, 3.63) is 48.5 Å². The van der Waals surface area contributed by atoms with Gasteiger partial charge in [-0.25, -0.2) is 0 Å². The van der Waals surface area contributed by atoms with Gasteiger partial charge in [-0.15, -0.1) is 0 Å².